The predicted molar refractivity (Wildman–Crippen MR) is 115 cm³/mol. The minimum Gasteiger partial charge on any atom is -0.487 e. The molecular formula is C22H19F6NO4S. The van der Waals surface area contributed by atoms with Gasteiger partial charge in [-0.15, -0.1) is 0 Å². The summed E-state index contributed by atoms with van der Waals surface area (Å²) in [6.45, 7) is 1.98. The first kappa shape index (κ1) is 25.2. The number of benzene rings is 3. The molecule has 0 aliphatic heterocycles. The lowest BCUT2D eigenvalue weighted by atomic mass is 10.0. The van der Waals surface area contributed by atoms with Crippen molar-refractivity contribution in [2.24, 2.45) is 0 Å². The third-order valence-electron chi connectivity index (χ3n) is 4.90. The highest BCUT2D eigenvalue weighted by atomic mass is 32.5. The van der Waals surface area contributed by atoms with E-state index < -0.39 is 45.0 Å². The third kappa shape index (κ3) is 5.38. The first-order chi connectivity index (χ1) is 15.4. The Kier molecular flexibility index (Phi) is 5.60. The molecule has 3 aromatic carbocycles. The van der Waals surface area contributed by atoms with E-state index in [1.54, 1.807) is 0 Å². The highest BCUT2D eigenvalue weighted by Gasteiger charge is 2.65. The second-order valence-corrected chi connectivity index (χ2v) is 10.5. The fourth-order valence-electron chi connectivity index (χ4n) is 3.03. The minimum absolute atomic E-state index is 0.0660. The molecule has 0 fully saturated rings. The molecule has 0 aliphatic rings. The van der Waals surface area contributed by atoms with Crippen LogP contribution in [0.4, 0.5) is 23.8 Å². The topological polar surface area (TPSA) is 75.6 Å². The molecule has 0 atom stereocenters. The maximum atomic E-state index is 14.6. The molecule has 0 aromatic heterocycles. The van der Waals surface area contributed by atoms with E-state index in [1.165, 1.54) is 38.1 Å². The number of carboxylic acid groups (broad SMARTS) is 1. The van der Waals surface area contributed by atoms with Crippen molar-refractivity contribution in [1.29, 1.82) is 0 Å². The van der Waals surface area contributed by atoms with Crippen LogP contribution < -0.4 is 10.1 Å². The van der Waals surface area contributed by atoms with Crippen LogP contribution in [0, 0.1) is 5.82 Å². The molecule has 3 aromatic rings. The Bertz CT molecular complexity index is 1290. The van der Waals surface area contributed by atoms with Crippen molar-refractivity contribution in [3.05, 3.63) is 71.5 Å². The van der Waals surface area contributed by atoms with Crippen LogP contribution in [0.5, 0.6) is 5.75 Å². The molecule has 3 rings (SSSR count). The zero-order chi connectivity index (χ0) is 25.6. The van der Waals surface area contributed by atoms with Gasteiger partial charge in [0, 0.05) is 10.8 Å². The third-order valence-corrected chi connectivity index (χ3v) is 6.06. The molecule has 2 N–H and O–H groups in total. The molecule has 0 heterocycles. The summed E-state index contributed by atoms with van der Waals surface area (Å²) < 4.78 is 84.9. The lowest BCUT2D eigenvalue weighted by Crippen LogP contribution is -2.49. The summed E-state index contributed by atoms with van der Waals surface area (Å²) in [6, 6.07) is 8.80. The average molecular weight is 507 g/mol. The number of rotatable bonds is 7. The molecule has 1 amide bonds. The van der Waals surface area contributed by atoms with Crippen LogP contribution in [0.1, 0.15) is 29.8 Å². The summed E-state index contributed by atoms with van der Waals surface area (Å²) >= 11 is 0. The summed E-state index contributed by atoms with van der Waals surface area (Å²) in [5.74, 6) is -3.27. The highest BCUT2D eigenvalue weighted by Crippen LogP contribution is 3.02. The van der Waals surface area contributed by atoms with Gasteiger partial charge in [0.05, 0.1) is 5.56 Å². The summed E-state index contributed by atoms with van der Waals surface area (Å²) in [5.41, 5.74) is -2.00. The largest absolute Gasteiger partial charge is 0.487 e. The van der Waals surface area contributed by atoms with Crippen LogP contribution in [0.25, 0.3) is 10.8 Å². The number of halogens is 6. The van der Waals surface area contributed by atoms with E-state index in [-0.39, 0.29) is 39.8 Å². The standard InChI is InChI=1S/C22H19F6NO4S/c1-22(2,21(31)32)29-20(30)17-11-18(23)15-5-3-4-6-16(15)19(17)33-12-13-7-9-14(10-8-13)34(24,25,26,27)28/h3-11H,12H2,1-2H3,(H,29,30)(H,31,32). The van der Waals surface area contributed by atoms with Gasteiger partial charge in [-0.25, -0.2) is 9.18 Å². The molecule has 0 spiro atoms. The van der Waals surface area contributed by atoms with Gasteiger partial charge in [0.1, 0.15) is 28.6 Å². The number of ether oxygens (including phenoxy) is 1. The number of aliphatic carboxylic acids is 1. The van der Waals surface area contributed by atoms with Gasteiger partial charge in [0.25, 0.3) is 5.91 Å². The van der Waals surface area contributed by atoms with Crippen LogP contribution in [0.2, 0.25) is 0 Å². The Hall–Kier alpha value is -3.41. The van der Waals surface area contributed by atoms with Gasteiger partial charge in [0.15, 0.2) is 0 Å². The predicted octanol–water partition coefficient (Wildman–Crippen LogP) is 6.81. The molecule has 5 nitrogen and oxygen atoms in total. The van der Waals surface area contributed by atoms with Crippen molar-refractivity contribution in [3.63, 3.8) is 0 Å². The second kappa shape index (κ2) is 7.55. The molecule has 0 bridgehead atoms. The molecule has 0 radical (unpaired) electrons. The fraction of sp³-hybridized carbons (Fsp3) is 0.182. The maximum Gasteiger partial charge on any atom is 0.328 e. The van der Waals surface area contributed by atoms with Crippen LogP contribution in [0.15, 0.2) is 59.5 Å². The van der Waals surface area contributed by atoms with Crippen LogP contribution >= 0.6 is 10.2 Å². The smallest absolute Gasteiger partial charge is 0.328 e. The second-order valence-electron chi connectivity index (χ2n) is 8.07. The van der Waals surface area contributed by atoms with E-state index in [1.807, 2.05) is 0 Å². The van der Waals surface area contributed by atoms with Crippen molar-refractivity contribution in [1.82, 2.24) is 5.32 Å². The van der Waals surface area contributed by atoms with E-state index in [4.69, 9.17) is 4.74 Å². The van der Waals surface area contributed by atoms with E-state index in [0.717, 1.165) is 18.2 Å². The van der Waals surface area contributed by atoms with Crippen LogP contribution in [-0.2, 0) is 11.4 Å². The van der Waals surface area contributed by atoms with E-state index in [2.05, 4.69) is 5.32 Å². The number of hydrogen-bond donors (Lipinski definition) is 2. The fourth-order valence-corrected chi connectivity index (χ4v) is 3.68. The molecule has 0 aliphatic carbocycles. The van der Waals surface area contributed by atoms with Gasteiger partial charge in [-0.05, 0) is 37.6 Å². The van der Waals surface area contributed by atoms with E-state index in [9.17, 15) is 38.5 Å². The van der Waals surface area contributed by atoms with Crippen LogP contribution in [-0.4, -0.2) is 22.5 Å². The summed E-state index contributed by atoms with van der Waals surface area (Å²) in [5, 5.41) is 11.7. The van der Waals surface area contributed by atoms with Gasteiger partial charge in [-0.1, -0.05) is 55.8 Å². The van der Waals surface area contributed by atoms with Crippen LogP contribution in [0.3, 0.4) is 0 Å². The number of carbonyl (C=O) groups is 2. The normalized spacial score (nSPS) is 14.2. The average Bonchev–Trinajstić information content (AvgIpc) is 2.71. The highest BCUT2D eigenvalue weighted by molar-refractivity contribution is 8.45. The zero-order valence-electron chi connectivity index (χ0n) is 17.8. The Morgan fingerprint density at radius 2 is 1.53 bits per heavy atom. The zero-order valence-corrected chi connectivity index (χ0v) is 18.6. The Labute approximate surface area is 190 Å². The summed E-state index contributed by atoms with van der Waals surface area (Å²) in [7, 11) is -9.84. The van der Waals surface area contributed by atoms with E-state index >= 15 is 0 Å². The number of carbonyl (C=O) groups excluding carboxylic acids is 1. The number of amides is 1. The van der Waals surface area contributed by atoms with E-state index in [0.29, 0.717) is 0 Å². The molecule has 0 saturated carbocycles. The number of carboxylic acids is 1. The first-order valence-electron chi connectivity index (χ1n) is 9.62. The maximum absolute atomic E-state index is 14.6. The van der Waals surface area contributed by atoms with Gasteiger partial charge in [0.2, 0.25) is 0 Å². The lowest BCUT2D eigenvalue weighted by molar-refractivity contribution is -0.143. The number of fused-ring (bicyclic) bond motifs is 1. The summed E-state index contributed by atoms with van der Waals surface area (Å²) in [6.07, 6.45) is 0. The Morgan fingerprint density at radius 1 is 0.971 bits per heavy atom. The quantitative estimate of drug-likeness (QED) is 0.345. The molecule has 0 unspecified atom stereocenters. The van der Waals surface area contributed by atoms with Gasteiger partial charge in [-0.2, -0.15) is 0 Å². The summed E-state index contributed by atoms with van der Waals surface area (Å²) in [4.78, 5) is 22.1. The van der Waals surface area contributed by atoms with Gasteiger partial charge < -0.3 is 15.2 Å². The SMILES string of the molecule is CC(C)(NC(=O)c1cc(F)c2ccccc2c1OCc1ccc(S(F)(F)(F)(F)F)cc1)C(=O)O. The minimum atomic E-state index is -9.84. The van der Waals surface area contributed by atoms with Crippen molar-refractivity contribution in [2.45, 2.75) is 30.9 Å². The lowest BCUT2D eigenvalue weighted by Gasteiger charge is -2.40. The van der Waals surface area contributed by atoms with Crippen molar-refractivity contribution >= 4 is 32.9 Å². The molecule has 34 heavy (non-hydrogen) atoms. The monoisotopic (exact) mass is 507 g/mol. The first-order valence-corrected chi connectivity index (χ1v) is 11.6. The van der Waals surface area contributed by atoms with Crippen molar-refractivity contribution in [2.75, 3.05) is 0 Å². The van der Waals surface area contributed by atoms with Crippen molar-refractivity contribution < 1.29 is 43.3 Å². The Balaban J connectivity index is 2.00. The molecule has 0 saturated heterocycles. The number of hydrogen-bond acceptors (Lipinski definition) is 3. The molecule has 12 heteroatoms. The Morgan fingerprint density at radius 3 is 2.06 bits per heavy atom. The molecule has 184 valence electrons. The van der Waals surface area contributed by atoms with Gasteiger partial charge in [-0.3, -0.25) is 4.79 Å². The molecular weight excluding hydrogens is 488 g/mol. The van der Waals surface area contributed by atoms with Gasteiger partial charge >= 0.3 is 16.2 Å². The number of nitrogens with one attached hydrogen (secondary N) is 1. The van der Waals surface area contributed by atoms with Crippen molar-refractivity contribution in [3.8, 4) is 5.75 Å².